The van der Waals surface area contributed by atoms with Crippen molar-refractivity contribution in [2.45, 2.75) is 19.0 Å². The molecule has 30 heavy (non-hydrogen) atoms. The summed E-state index contributed by atoms with van der Waals surface area (Å²) in [5, 5.41) is 10.6. The molecule has 7 nitrogen and oxygen atoms in total. The lowest BCUT2D eigenvalue weighted by Gasteiger charge is -2.11. The molecular weight excluding hydrogens is 378 g/mol. The van der Waals surface area contributed by atoms with Crippen molar-refractivity contribution in [1.82, 2.24) is 20.1 Å². The molecule has 1 amide bonds. The number of anilines is 1. The number of nitrogens with zero attached hydrogens (tertiary/aromatic N) is 3. The Morgan fingerprint density at radius 1 is 1.27 bits per heavy atom. The molecule has 0 radical (unpaired) electrons. The van der Waals surface area contributed by atoms with E-state index in [1.165, 1.54) is 11.6 Å². The number of amides is 1. The Morgan fingerprint density at radius 3 is 2.87 bits per heavy atom. The van der Waals surface area contributed by atoms with E-state index in [1.807, 2.05) is 43.6 Å². The highest BCUT2D eigenvalue weighted by atomic mass is 16.5. The van der Waals surface area contributed by atoms with Gasteiger partial charge in [-0.05, 0) is 41.8 Å². The van der Waals surface area contributed by atoms with Crippen molar-refractivity contribution < 1.29 is 9.53 Å². The van der Waals surface area contributed by atoms with Gasteiger partial charge in [-0.3, -0.25) is 14.5 Å². The molecule has 0 bridgehead atoms. The minimum Gasteiger partial charge on any atom is -0.380 e. The summed E-state index contributed by atoms with van der Waals surface area (Å²) in [7, 11) is 1.87. The van der Waals surface area contributed by atoms with Crippen molar-refractivity contribution in [3.05, 3.63) is 72.3 Å². The molecule has 1 unspecified atom stereocenters. The van der Waals surface area contributed by atoms with Gasteiger partial charge in [0.25, 0.3) is 0 Å². The lowest BCUT2D eigenvalue weighted by Crippen LogP contribution is -2.28. The van der Waals surface area contributed by atoms with Crippen molar-refractivity contribution in [1.29, 1.82) is 0 Å². The molecule has 3 heterocycles. The Labute approximate surface area is 175 Å². The van der Waals surface area contributed by atoms with E-state index in [0.717, 1.165) is 48.6 Å². The number of nitrogens with one attached hydrogen (secondary N) is 2. The van der Waals surface area contributed by atoms with Gasteiger partial charge in [-0.15, -0.1) is 0 Å². The van der Waals surface area contributed by atoms with E-state index in [0.29, 0.717) is 6.04 Å². The Balaban J connectivity index is 1.35. The number of aromatic nitrogens is 3. The van der Waals surface area contributed by atoms with Gasteiger partial charge in [-0.25, -0.2) is 0 Å². The smallest absolute Gasteiger partial charge is 0.248 e. The van der Waals surface area contributed by atoms with Gasteiger partial charge < -0.3 is 15.4 Å². The maximum absolute atomic E-state index is 12.4. The number of rotatable bonds is 7. The van der Waals surface area contributed by atoms with Crippen LogP contribution in [0, 0.1) is 0 Å². The van der Waals surface area contributed by atoms with Crippen LogP contribution < -0.4 is 10.6 Å². The zero-order valence-corrected chi connectivity index (χ0v) is 16.9. The average Bonchev–Trinajstić information content (AvgIpc) is 3.44. The van der Waals surface area contributed by atoms with Crippen molar-refractivity contribution in [2.75, 3.05) is 18.5 Å². The number of carbonyl (C=O) groups excluding carboxylic acids is 1. The molecule has 1 saturated heterocycles. The predicted molar refractivity (Wildman–Crippen MR) is 117 cm³/mol. The van der Waals surface area contributed by atoms with E-state index in [-0.39, 0.29) is 5.91 Å². The topological polar surface area (TPSA) is 81.1 Å². The highest BCUT2D eigenvalue weighted by Crippen LogP contribution is 2.23. The molecule has 3 aromatic rings. The van der Waals surface area contributed by atoms with Gasteiger partial charge in [0.2, 0.25) is 5.91 Å². The first-order chi connectivity index (χ1) is 14.7. The van der Waals surface area contributed by atoms with Gasteiger partial charge in [-0.1, -0.05) is 12.1 Å². The maximum Gasteiger partial charge on any atom is 0.248 e. The molecule has 1 atom stereocenters. The molecule has 1 aromatic carbocycles. The summed E-state index contributed by atoms with van der Waals surface area (Å²) in [5.74, 6) is -0.190. The first kappa shape index (κ1) is 20.0. The Kier molecular flexibility index (Phi) is 6.32. The number of hydrogen-bond acceptors (Lipinski definition) is 5. The van der Waals surface area contributed by atoms with Crippen molar-refractivity contribution in [3.63, 3.8) is 0 Å². The molecule has 154 valence electrons. The summed E-state index contributed by atoms with van der Waals surface area (Å²) >= 11 is 0. The highest BCUT2D eigenvalue weighted by molar-refractivity contribution is 6.02. The van der Waals surface area contributed by atoms with Crippen LogP contribution in [0.2, 0.25) is 0 Å². The molecule has 1 aliphatic heterocycles. The number of ether oxygens (including phenoxy) is 1. The molecule has 0 spiro atoms. The number of aryl methyl sites for hydroxylation is 1. The summed E-state index contributed by atoms with van der Waals surface area (Å²) < 4.78 is 7.12. The van der Waals surface area contributed by atoms with E-state index < -0.39 is 0 Å². The number of carbonyl (C=O) groups is 1. The van der Waals surface area contributed by atoms with Crippen LogP contribution in [-0.4, -0.2) is 39.9 Å². The van der Waals surface area contributed by atoms with Crippen LogP contribution in [0.1, 0.15) is 17.5 Å². The molecule has 1 fully saturated rings. The third-order valence-electron chi connectivity index (χ3n) is 5.03. The van der Waals surface area contributed by atoms with E-state index in [9.17, 15) is 4.79 Å². The lowest BCUT2D eigenvalue weighted by atomic mass is 10.0. The summed E-state index contributed by atoms with van der Waals surface area (Å²) in [4.78, 5) is 16.5. The van der Waals surface area contributed by atoms with Crippen LogP contribution in [-0.2, 0) is 23.1 Å². The second-order valence-electron chi connectivity index (χ2n) is 7.33. The van der Waals surface area contributed by atoms with E-state index in [1.54, 1.807) is 29.3 Å². The second-order valence-corrected chi connectivity index (χ2v) is 7.33. The predicted octanol–water partition coefficient (Wildman–Crippen LogP) is 3.01. The van der Waals surface area contributed by atoms with Crippen LogP contribution in [0.3, 0.4) is 0 Å². The van der Waals surface area contributed by atoms with Crippen LogP contribution in [0.25, 0.3) is 17.2 Å². The van der Waals surface area contributed by atoms with Gasteiger partial charge in [0.05, 0.1) is 12.8 Å². The molecule has 4 rings (SSSR count). The normalized spacial score (nSPS) is 16.2. The summed E-state index contributed by atoms with van der Waals surface area (Å²) in [6, 6.07) is 10.2. The molecule has 0 aliphatic carbocycles. The summed E-state index contributed by atoms with van der Waals surface area (Å²) in [6.07, 6.45) is 11.5. The Bertz CT molecular complexity index is 1020. The Hall–Kier alpha value is -3.29. The number of pyridine rings is 1. The zero-order valence-electron chi connectivity index (χ0n) is 16.9. The van der Waals surface area contributed by atoms with Crippen molar-refractivity contribution in [3.8, 4) is 11.1 Å². The van der Waals surface area contributed by atoms with Gasteiger partial charge >= 0.3 is 0 Å². The molecule has 7 heteroatoms. The first-order valence-corrected chi connectivity index (χ1v) is 9.99. The average molecular weight is 403 g/mol. The van der Waals surface area contributed by atoms with Crippen LogP contribution in [0.15, 0.2) is 61.2 Å². The highest BCUT2D eigenvalue weighted by Gasteiger charge is 2.14. The molecule has 0 saturated carbocycles. The molecule has 1 aliphatic rings. The monoisotopic (exact) mass is 403 g/mol. The lowest BCUT2D eigenvalue weighted by molar-refractivity contribution is -0.111. The summed E-state index contributed by atoms with van der Waals surface area (Å²) in [5.41, 5.74) is 4.75. The third kappa shape index (κ3) is 5.20. The largest absolute Gasteiger partial charge is 0.380 e. The van der Waals surface area contributed by atoms with Gasteiger partial charge in [0.15, 0.2) is 0 Å². The van der Waals surface area contributed by atoms with E-state index >= 15 is 0 Å². The standard InChI is InChI=1S/C23H25N5O2/c1-28-15-19(14-26-28)22-8-10-24-13-18(22)4-7-23(29)27-20-5-2-17(3-6-20)12-25-21-9-11-30-16-21/h2-8,10,13-15,21,25H,9,11-12,16H2,1H3,(H,27,29). The van der Waals surface area contributed by atoms with E-state index in [2.05, 4.69) is 20.7 Å². The number of benzene rings is 1. The van der Waals surface area contributed by atoms with Crippen LogP contribution in [0.4, 0.5) is 5.69 Å². The van der Waals surface area contributed by atoms with Crippen LogP contribution in [0.5, 0.6) is 0 Å². The fourth-order valence-corrected chi connectivity index (χ4v) is 3.38. The van der Waals surface area contributed by atoms with Gasteiger partial charge in [-0.2, -0.15) is 5.10 Å². The maximum atomic E-state index is 12.4. The molecule has 2 N–H and O–H groups in total. The Morgan fingerprint density at radius 2 is 2.13 bits per heavy atom. The fraction of sp³-hybridized carbons (Fsp3) is 0.261. The fourth-order valence-electron chi connectivity index (χ4n) is 3.38. The minimum atomic E-state index is -0.190. The quantitative estimate of drug-likeness (QED) is 0.593. The van der Waals surface area contributed by atoms with E-state index in [4.69, 9.17) is 4.74 Å². The zero-order chi connectivity index (χ0) is 20.8. The summed E-state index contributed by atoms with van der Waals surface area (Å²) in [6.45, 7) is 2.40. The van der Waals surface area contributed by atoms with Gasteiger partial charge in [0.1, 0.15) is 0 Å². The molecule has 2 aromatic heterocycles. The van der Waals surface area contributed by atoms with Crippen molar-refractivity contribution in [2.24, 2.45) is 7.05 Å². The third-order valence-corrected chi connectivity index (χ3v) is 5.03. The molecular formula is C23H25N5O2. The SMILES string of the molecule is Cn1cc(-c2ccncc2C=CC(=O)Nc2ccc(CNC3CCOC3)cc2)cn1. The minimum absolute atomic E-state index is 0.190. The van der Waals surface area contributed by atoms with Gasteiger partial charge in [0, 0.05) is 67.7 Å². The van der Waals surface area contributed by atoms with Crippen molar-refractivity contribution >= 4 is 17.7 Å². The van der Waals surface area contributed by atoms with Crippen LogP contribution >= 0.6 is 0 Å². The number of hydrogen-bond donors (Lipinski definition) is 2. The first-order valence-electron chi connectivity index (χ1n) is 9.99. The second kappa shape index (κ2) is 9.47.